The van der Waals surface area contributed by atoms with Crippen molar-refractivity contribution in [3.8, 4) is 11.5 Å². The van der Waals surface area contributed by atoms with Gasteiger partial charge in [0.2, 0.25) is 6.79 Å². The van der Waals surface area contributed by atoms with Crippen LogP contribution in [0.3, 0.4) is 0 Å². The molecule has 0 unspecified atom stereocenters. The van der Waals surface area contributed by atoms with Gasteiger partial charge in [-0.2, -0.15) is 0 Å². The maximum absolute atomic E-state index is 12.1. The van der Waals surface area contributed by atoms with E-state index >= 15 is 0 Å². The summed E-state index contributed by atoms with van der Waals surface area (Å²) in [6.45, 7) is 2.24. The molecule has 7 heteroatoms. The number of amides is 1. The number of furan rings is 1. The lowest BCUT2D eigenvalue weighted by molar-refractivity contribution is -0.147. The number of carbonyl (C=O) groups excluding carboxylic acids is 2. The second kappa shape index (κ2) is 8.26. The normalized spacial score (nSPS) is 12.2. The van der Waals surface area contributed by atoms with Crippen LogP contribution in [0.4, 0.5) is 0 Å². The Morgan fingerprint density at radius 2 is 1.90 bits per heavy atom. The number of esters is 1. The number of carbonyl (C=O) groups is 2. The number of fused-ring (bicyclic) bond motifs is 2. The SMILES string of the molecule is CCc1ccc2c(CC(=O)OCC(=O)NCc3ccc4c(c3)OCO4)coc2c1. The molecule has 1 N–H and O–H groups in total. The average molecular weight is 395 g/mol. The predicted octanol–water partition coefficient (Wildman–Crippen LogP) is 3.13. The van der Waals surface area contributed by atoms with Crippen molar-refractivity contribution in [2.45, 2.75) is 26.3 Å². The second-order valence-corrected chi connectivity index (χ2v) is 6.75. The summed E-state index contributed by atoms with van der Waals surface area (Å²) in [5.41, 5.74) is 3.52. The Morgan fingerprint density at radius 1 is 1.07 bits per heavy atom. The highest BCUT2D eigenvalue weighted by atomic mass is 16.7. The minimum Gasteiger partial charge on any atom is -0.464 e. The summed E-state index contributed by atoms with van der Waals surface area (Å²) in [6, 6.07) is 11.4. The molecular weight excluding hydrogens is 374 g/mol. The third-order valence-electron chi connectivity index (χ3n) is 4.75. The van der Waals surface area contributed by atoms with Crippen molar-refractivity contribution in [3.63, 3.8) is 0 Å². The van der Waals surface area contributed by atoms with E-state index in [1.165, 1.54) is 5.56 Å². The fourth-order valence-electron chi connectivity index (χ4n) is 3.14. The van der Waals surface area contributed by atoms with Crippen molar-refractivity contribution in [3.05, 3.63) is 59.4 Å². The van der Waals surface area contributed by atoms with Crippen molar-refractivity contribution in [1.29, 1.82) is 0 Å². The molecule has 0 saturated carbocycles. The molecule has 1 aliphatic heterocycles. The number of hydrogen-bond acceptors (Lipinski definition) is 6. The Kier molecular flexibility index (Phi) is 5.37. The van der Waals surface area contributed by atoms with Crippen LogP contribution in [0.25, 0.3) is 11.0 Å². The summed E-state index contributed by atoms with van der Waals surface area (Å²) in [5, 5.41) is 3.60. The predicted molar refractivity (Wildman–Crippen MR) is 105 cm³/mol. The van der Waals surface area contributed by atoms with Crippen molar-refractivity contribution < 1.29 is 28.2 Å². The summed E-state index contributed by atoms with van der Waals surface area (Å²) in [6.07, 6.45) is 2.52. The zero-order chi connectivity index (χ0) is 20.2. The molecule has 0 bridgehead atoms. The smallest absolute Gasteiger partial charge is 0.310 e. The first kappa shape index (κ1) is 18.9. The molecule has 0 fully saturated rings. The lowest BCUT2D eigenvalue weighted by atomic mass is 10.1. The molecule has 29 heavy (non-hydrogen) atoms. The number of rotatable bonds is 7. The van der Waals surface area contributed by atoms with Crippen LogP contribution in [0.2, 0.25) is 0 Å². The van der Waals surface area contributed by atoms with Crippen LogP contribution < -0.4 is 14.8 Å². The summed E-state index contributed by atoms with van der Waals surface area (Å²) in [4.78, 5) is 24.1. The molecule has 150 valence electrons. The molecule has 0 atom stereocenters. The standard InChI is InChI=1S/C22H21NO6/c1-2-14-3-5-17-16(11-26-19(17)7-14)9-22(25)27-12-21(24)23-10-15-4-6-18-20(8-15)29-13-28-18/h3-8,11H,2,9-10,12-13H2,1H3,(H,23,24). The summed E-state index contributed by atoms with van der Waals surface area (Å²) in [7, 11) is 0. The third-order valence-corrected chi connectivity index (χ3v) is 4.75. The zero-order valence-electron chi connectivity index (χ0n) is 16.0. The zero-order valence-corrected chi connectivity index (χ0v) is 16.0. The summed E-state index contributed by atoms with van der Waals surface area (Å²) in [5.74, 6) is 0.486. The maximum Gasteiger partial charge on any atom is 0.310 e. The number of benzene rings is 2. The highest BCUT2D eigenvalue weighted by Gasteiger charge is 2.15. The Hall–Kier alpha value is -3.48. The van der Waals surface area contributed by atoms with Gasteiger partial charge in [-0.3, -0.25) is 9.59 Å². The lowest BCUT2D eigenvalue weighted by Gasteiger charge is -2.07. The number of ether oxygens (including phenoxy) is 3. The van der Waals surface area contributed by atoms with Gasteiger partial charge >= 0.3 is 5.97 Å². The first-order valence-corrected chi connectivity index (χ1v) is 9.42. The molecule has 0 saturated heterocycles. The summed E-state index contributed by atoms with van der Waals surface area (Å²) < 4.78 is 21.2. The maximum atomic E-state index is 12.1. The van der Waals surface area contributed by atoms with E-state index in [0.717, 1.165) is 28.5 Å². The molecule has 4 rings (SSSR count). The van der Waals surface area contributed by atoms with Gasteiger partial charge < -0.3 is 23.9 Å². The molecule has 2 heterocycles. The molecular formula is C22H21NO6. The lowest BCUT2D eigenvalue weighted by Crippen LogP contribution is -2.28. The van der Waals surface area contributed by atoms with E-state index in [1.54, 1.807) is 12.3 Å². The molecule has 1 aromatic heterocycles. The molecule has 0 aliphatic carbocycles. The fourth-order valence-corrected chi connectivity index (χ4v) is 3.14. The van der Waals surface area contributed by atoms with Gasteiger partial charge in [0, 0.05) is 17.5 Å². The average Bonchev–Trinajstić information content (AvgIpc) is 3.36. The van der Waals surface area contributed by atoms with E-state index in [2.05, 4.69) is 12.2 Å². The highest BCUT2D eigenvalue weighted by Crippen LogP contribution is 2.32. The molecule has 1 amide bonds. The van der Waals surface area contributed by atoms with E-state index in [1.807, 2.05) is 30.3 Å². The van der Waals surface area contributed by atoms with E-state index in [4.69, 9.17) is 18.6 Å². The van der Waals surface area contributed by atoms with Gasteiger partial charge in [0.25, 0.3) is 5.91 Å². The first-order valence-electron chi connectivity index (χ1n) is 9.42. The van der Waals surface area contributed by atoms with Crippen LogP contribution in [0.15, 0.2) is 47.1 Å². The topological polar surface area (TPSA) is 87.0 Å². The van der Waals surface area contributed by atoms with Gasteiger partial charge in [-0.05, 0) is 35.7 Å². The van der Waals surface area contributed by atoms with Crippen LogP contribution in [0, 0.1) is 0 Å². The number of aryl methyl sites for hydroxylation is 1. The van der Waals surface area contributed by atoms with Gasteiger partial charge in [-0.15, -0.1) is 0 Å². The molecule has 3 aromatic rings. The number of nitrogens with one attached hydrogen (secondary N) is 1. The minimum absolute atomic E-state index is 0.0495. The molecule has 1 aliphatic rings. The van der Waals surface area contributed by atoms with Crippen LogP contribution in [-0.2, 0) is 33.7 Å². The second-order valence-electron chi connectivity index (χ2n) is 6.75. The molecule has 0 spiro atoms. The van der Waals surface area contributed by atoms with Crippen molar-refractivity contribution >= 4 is 22.8 Å². The van der Waals surface area contributed by atoms with Crippen molar-refractivity contribution in [1.82, 2.24) is 5.32 Å². The van der Waals surface area contributed by atoms with Gasteiger partial charge in [-0.25, -0.2) is 0 Å². The Labute approximate surface area is 167 Å². The van der Waals surface area contributed by atoms with Crippen molar-refractivity contribution in [2.24, 2.45) is 0 Å². The first-order chi connectivity index (χ1) is 14.1. The van der Waals surface area contributed by atoms with Gasteiger partial charge in [0.1, 0.15) is 5.58 Å². The van der Waals surface area contributed by atoms with Crippen molar-refractivity contribution in [2.75, 3.05) is 13.4 Å². The van der Waals surface area contributed by atoms with E-state index in [-0.39, 0.29) is 25.7 Å². The molecule has 2 aromatic carbocycles. The molecule has 0 radical (unpaired) electrons. The Morgan fingerprint density at radius 3 is 2.76 bits per heavy atom. The monoisotopic (exact) mass is 395 g/mol. The Bertz CT molecular complexity index is 1050. The van der Waals surface area contributed by atoms with Crippen LogP contribution in [0.5, 0.6) is 11.5 Å². The molecule has 7 nitrogen and oxygen atoms in total. The van der Waals surface area contributed by atoms with Gasteiger partial charge in [0.05, 0.1) is 12.7 Å². The van der Waals surface area contributed by atoms with Gasteiger partial charge in [-0.1, -0.05) is 25.1 Å². The van der Waals surface area contributed by atoms with Crippen LogP contribution in [0.1, 0.15) is 23.6 Å². The highest BCUT2D eigenvalue weighted by molar-refractivity contribution is 5.87. The van der Waals surface area contributed by atoms with Gasteiger partial charge in [0.15, 0.2) is 18.1 Å². The summed E-state index contributed by atoms with van der Waals surface area (Å²) >= 11 is 0. The minimum atomic E-state index is -0.481. The fraction of sp³-hybridized carbons (Fsp3) is 0.273. The quantitative estimate of drug-likeness (QED) is 0.619. The van der Waals surface area contributed by atoms with Crippen LogP contribution >= 0.6 is 0 Å². The van der Waals surface area contributed by atoms with E-state index in [9.17, 15) is 9.59 Å². The largest absolute Gasteiger partial charge is 0.464 e. The van der Waals surface area contributed by atoms with Crippen LogP contribution in [-0.4, -0.2) is 25.3 Å². The Balaban J connectivity index is 1.25. The number of hydrogen-bond donors (Lipinski definition) is 1. The van der Waals surface area contributed by atoms with E-state index < -0.39 is 5.97 Å². The van der Waals surface area contributed by atoms with E-state index in [0.29, 0.717) is 18.0 Å². The third kappa shape index (κ3) is 4.34.